The minimum absolute atomic E-state index is 0.0635. The maximum Gasteiger partial charge on any atom is 0.324 e. The van der Waals surface area contributed by atoms with Crippen molar-refractivity contribution in [3.63, 3.8) is 0 Å². The van der Waals surface area contributed by atoms with E-state index in [1.54, 1.807) is 24.6 Å². The Kier molecular flexibility index (Phi) is 19.0. The van der Waals surface area contributed by atoms with E-state index in [1.807, 2.05) is 96.9 Å². The number of H-pyrrole nitrogens is 4. The molecule has 8 N–H and O–H groups in total. The summed E-state index contributed by atoms with van der Waals surface area (Å²) in [6.45, 7) is 8.93. The van der Waals surface area contributed by atoms with E-state index in [1.165, 1.54) is 23.3 Å². The monoisotopic (exact) mass is 1370 g/mol. The van der Waals surface area contributed by atoms with Gasteiger partial charge in [-0.1, -0.05) is 46.4 Å². The molecule has 10 aromatic rings. The zero-order valence-electron chi connectivity index (χ0n) is 51.5. The number of piperazine rings is 1. The van der Waals surface area contributed by atoms with Crippen molar-refractivity contribution in [2.24, 2.45) is 11.8 Å². The first kappa shape index (κ1) is 63.9. The number of hydrogen-bond donors (Lipinski definition) is 8. The molecule has 2 unspecified atom stereocenters. The smallest absolute Gasteiger partial charge is 0.324 e. The summed E-state index contributed by atoms with van der Waals surface area (Å²) in [5.41, 5.74) is 13.2. The maximum absolute atomic E-state index is 12.2. The molecule has 29 heteroatoms. The Morgan fingerprint density at radius 3 is 1.30 bits per heavy atom. The van der Waals surface area contributed by atoms with Gasteiger partial charge in [0.1, 0.15) is 12.1 Å². The van der Waals surface area contributed by atoms with Crippen molar-refractivity contribution in [1.82, 2.24) is 71.9 Å². The average Bonchev–Trinajstić information content (AvgIpc) is 1.50. The number of fused-ring (bicyclic) bond motifs is 4. The molecule has 2 atom stereocenters. The summed E-state index contributed by atoms with van der Waals surface area (Å²) in [7, 11) is 3.16. The van der Waals surface area contributed by atoms with Crippen LogP contribution in [0.25, 0.3) is 43.6 Å². The molecule has 0 saturated carbocycles. The second-order valence-electron chi connectivity index (χ2n) is 24.2. The Bertz CT molecular complexity index is 4380. The van der Waals surface area contributed by atoms with Crippen LogP contribution in [0.15, 0.2) is 108 Å². The molecule has 0 aliphatic carbocycles. The van der Waals surface area contributed by atoms with Gasteiger partial charge in [0.2, 0.25) is 0 Å². The normalized spacial score (nSPS) is 19.0. The Morgan fingerprint density at radius 1 is 0.521 bits per heavy atom. The topological polar surface area (TPSA) is 281 Å². The lowest BCUT2D eigenvalue weighted by Gasteiger charge is -2.37. The summed E-state index contributed by atoms with van der Waals surface area (Å²) < 4.78 is 0. The van der Waals surface area contributed by atoms with Crippen LogP contribution >= 0.6 is 57.7 Å². The summed E-state index contributed by atoms with van der Waals surface area (Å²) in [5.74, 6) is 0.517. The van der Waals surface area contributed by atoms with Crippen LogP contribution in [0, 0.1) is 11.8 Å². The SMILES string of the molecule is CN1C(=O)NC(C2CCN(c3cc(Cl)cc4[nH]ncc34)CC2)C1=O.CNC(=O)c1ccc(N2CCN(c3cc(Cl)cc4[nH]ncc34)CC2)cc1.Clc1cc(N2CCC(c3cscn3)CC2)c2cn[nH]c2c1.O=C1NC(=O)C(C2CCN(c3cc(Cl)cc4[nH]ncc34)CC2)N1. The van der Waals surface area contributed by atoms with Gasteiger partial charge >= 0.3 is 12.1 Å². The minimum Gasteiger partial charge on any atom is -0.371 e. The van der Waals surface area contributed by atoms with E-state index in [-0.39, 0.29) is 35.6 Å². The van der Waals surface area contributed by atoms with Crippen LogP contribution in [0.4, 0.5) is 38.0 Å². The number of likely N-dealkylation sites (N-methyl/N-ethyl adjacent to an activating group) is 1. The van der Waals surface area contributed by atoms with Crippen LogP contribution < -0.4 is 45.8 Å². The molecule has 94 heavy (non-hydrogen) atoms. The number of piperidine rings is 3. The predicted molar refractivity (Wildman–Crippen MR) is 370 cm³/mol. The first-order chi connectivity index (χ1) is 45.6. The molecular formula is C65H69Cl4N19O5S. The fourth-order valence-corrected chi connectivity index (χ4v) is 15.2. The second kappa shape index (κ2) is 28.0. The van der Waals surface area contributed by atoms with Crippen molar-refractivity contribution in [2.75, 3.05) is 104 Å². The minimum atomic E-state index is -0.405. The number of amides is 7. The number of nitrogens with one attached hydrogen (secondary N) is 8. The number of aromatic amines is 4. The summed E-state index contributed by atoms with van der Waals surface area (Å²) in [4.78, 5) is 75.7. The number of carbonyl (C=O) groups excluding carboxylic acids is 5. The van der Waals surface area contributed by atoms with E-state index in [2.05, 4.69) is 96.9 Å². The van der Waals surface area contributed by atoms with Crippen molar-refractivity contribution in [3.05, 3.63) is 140 Å². The van der Waals surface area contributed by atoms with Crippen LogP contribution in [0.3, 0.4) is 0 Å². The number of nitrogens with zero attached hydrogens (tertiary/aromatic N) is 11. The fourth-order valence-electron chi connectivity index (χ4n) is 13.7. The van der Waals surface area contributed by atoms with Gasteiger partial charge in [-0.15, -0.1) is 11.3 Å². The molecule has 24 nitrogen and oxygen atoms in total. The summed E-state index contributed by atoms with van der Waals surface area (Å²) in [5, 5.41) is 48.1. The summed E-state index contributed by atoms with van der Waals surface area (Å²) in [6.07, 6.45) is 13.0. The number of carbonyl (C=O) groups is 5. The first-order valence-corrected chi connectivity index (χ1v) is 33.7. The van der Waals surface area contributed by atoms with E-state index >= 15 is 0 Å². The van der Waals surface area contributed by atoms with Gasteiger partial charge < -0.3 is 40.4 Å². The van der Waals surface area contributed by atoms with E-state index in [4.69, 9.17) is 46.4 Å². The molecule has 488 valence electrons. The van der Waals surface area contributed by atoms with E-state index in [0.29, 0.717) is 26.5 Å². The van der Waals surface area contributed by atoms with Crippen molar-refractivity contribution in [2.45, 2.75) is 56.5 Å². The zero-order valence-corrected chi connectivity index (χ0v) is 55.3. The Balaban J connectivity index is 0.000000114. The largest absolute Gasteiger partial charge is 0.371 e. The van der Waals surface area contributed by atoms with Crippen LogP contribution in [0.1, 0.15) is 60.5 Å². The Morgan fingerprint density at radius 2 is 0.926 bits per heavy atom. The molecule has 6 aliphatic heterocycles. The van der Waals surface area contributed by atoms with Crippen molar-refractivity contribution >= 4 is 160 Å². The fraction of sp³-hybridized carbons (Fsp3) is 0.354. The summed E-state index contributed by atoms with van der Waals surface area (Å²) in [6, 6.07) is 21.8. The molecule has 6 saturated heterocycles. The van der Waals surface area contributed by atoms with Crippen LogP contribution in [0.5, 0.6) is 0 Å². The van der Waals surface area contributed by atoms with Crippen molar-refractivity contribution < 1.29 is 24.0 Å². The molecule has 6 fully saturated rings. The van der Waals surface area contributed by atoms with Gasteiger partial charge in [-0.05, 0) is 123 Å². The number of halogens is 4. The highest BCUT2D eigenvalue weighted by Crippen LogP contribution is 2.38. The van der Waals surface area contributed by atoms with Gasteiger partial charge in [0.15, 0.2) is 0 Å². The van der Waals surface area contributed by atoms with Gasteiger partial charge in [0.05, 0.1) is 58.1 Å². The lowest BCUT2D eigenvalue weighted by molar-refractivity contribution is -0.127. The van der Waals surface area contributed by atoms with Crippen LogP contribution in [-0.2, 0) is 9.59 Å². The lowest BCUT2D eigenvalue weighted by Crippen LogP contribution is -2.46. The third-order valence-electron chi connectivity index (χ3n) is 18.7. The molecule has 11 heterocycles. The standard InChI is InChI=1S/C19H20ClN5O.C16H18ClN5O2.C15H16ClN5O2.C15H15ClN4S/c1-21-19(26)13-2-4-15(5-3-13)24-6-8-25(9-7-24)18-11-14(20)10-17-16(18)12-22-23-17;1-21-15(23)14(19-16(21)24)9-2-4-22(5-3-9)13-7-10(17)6-12-11(13)8-18-20-12;16-9-5-11-10(7-17-20-11)12(6-9)21-3-1-8(2-4-21)13-14(22)19-15(23)18-13;16-11-5-13-12(7-18-19-13)15(6-11)20-3-1-10(2-4-20)14-8-21-9-17-14/h2-5,10-12H,6-9H2,1H3,(H,21,26)(H,22,23);6-9,14H,2-5H2,1H3,(H,18,20)(H,19,24);5-8,13H,1-4H2,(H,17,20)(H2,18,19,22,23);5-10H,1-4H2,(H,18,19). The number of urea groups is 2. The number of benzene rings is 5. The number of imide groups is 2. The molecule has 6 aliphatic rings. The third-order valence-corrected chi connectivity index (χ3v) is 20.2. The van der Waals surface area contributed by atoms with Gasteiger partial charge in [0.25, 0.3) is 17.7 Å². The lowest BCUT2D eigenvalue weighted by atomic mass is 9.89. The highest BCUT2D eigenvalue weighted by atomic mass is 35.5. The molecule has 7 amide bonds. The van der Waals surface area contributed by atoms with Gasteiger partial charge in [0, 0.05) is 166 Å². The predicted octanol–water partition coefficient (Wildman–Crippen LogP) is 10.6. The third kappa shape index (κ3) is 13.7. The molecular weight excluding hydrogens is 1300 g/mol. The van der Waals surface area contributed by atoms with Gasteiger partial charge in [-0.2, -0.15) is 20.4 Å². The Hall–Kier alpha value is -8.88. The number of hydrogen-bond acceptors (Lipinski definition) is 16. The number of aromatic nitrogens is 9. The maximum atomic E-state index is 12.2. The number of rotatable bonds is 9. The molecule has 0 spiro atoms. The number of anilines is 5. The number of thiazole rings is 1. The quantitative estimate of drug-likeness (QED) is 0.0624. The van der Waals surface area contributed by atoms with Crippen LogP contribution in [-0.4, -0.2) is 172 Å². The van der Waals surface area contributed by atoms with Crippen molar-refractivity contribution in [3.8, 4) is 0 Å². The van der Waals surface area contributed by atoms with Gasteiger partial charge in [-0.3, -0.25) is 45.0 Å². The molecule has 5 aromatic heterocycles. The molecule has 0 radical (unpaired) electrons. The molecule has 5 aromatic carbocycles. The average molecular weight is 1370 g/mol. The first-order valence-electron chi connectivity index (χ1n) is 31.3. The van der Waals surface area contributed by atoms with E-state index in [9.17, 15) is 24.0 Å². The molecule has 0 bridgehead atoms. The summed E-state index contributed by atoms with van der Waals surface area (Å²) >= 11 is 26.6. The zero-order chi connectivity index (χ0) is 65.1. The Labute approximate surface area is 564 Å². The van der Waals surface area contributed by atoms with Crippen molar-refractivity contribution in [1.29, 1.82) is 0 Å². The van der Waals surface area contributed by atoms with E-state index < -0.39 is 18.1 Å². The second-order valence-corrected chi connectivity index (χ2v) is 26.7. The van der Waals surface area contributed by atoms with E-state index in [0.717, 1.165) is 175 Å². The highest BCUT2D eigenvalue weighted by Gasteiger charge is 2.42. The highest BCUT2D eigenvalue weighted by molar-refractivity contribution is 7.07. The van der Waals surface area contributed by atoms with Gasteiger partial charge in [-0.25, -0.2) is 14.6 Å². The molecule has 16 rings (SSSR count). The van der Waals surface area contributed by atoms with Crippen LogP contribution in [0.2, 0.25) is 20.1 Å².